The second-order valence-electron chi connectivity index (χ2n) is 5.72. The molecule has 0 aromatic rings. The van der Waals surface area contributed by atoms with Crippen LogP contribution in [0.4, 0.5) is 0 Å². The van der Waals surface area contributed by atoms with Crippen molar-refractivity contribution >= 4 is 11.8 Å². The van der Waals surface area contributed by atoms with Gasteiger partial charge in [-0.25, -0.2) is 4.79 Å². The van der Waals surface area contributed by atoms with Crippen molar-refractivity contribution in [3.8, 4) is 0 Å². The van der Waals surface area contributed by atoms with Crippen molar-refractivity contribution in [3.63, 3.8) is 0 Å². The molecule has 7 nitrogen and oxygen atoms in total. The van der Waals surface area contributed by atoms with Crippen molar-refractivity contribution in [2.75, 3.05) is 0 Å². The highest BCUT2D eigenvalue weighted by Crippen LogP contribution is 2.12. The van der Waals surface area contributed by atoms with Crippen LogP contribution < -0.4 is 0 Å². The molecule has 0 radical (unpaired) electrons. The number of ketones is 1. The van der Waals surface area contributed by atoms with E-state index in [2.05, 4.69) is 6.92 Å². The maximum atomic E-state index is 11.8. The van der Waals surface area contributed by atoms with Crippen LogP contribution in [0.1, 0.15) is 66.1 Å². The molecule has 0 saturated carbocycles. The highest BCUT2D eigenvalue weighted by atomic mass is 16.4. The van der Waals surface area contributed by atoms with E-state index in [0.717, 1.165) is 32.1 Å². The summed E-state index contributed by atoms with van der Waals surface area (Å²) in [7, 11) is 0. The molecule has 0 heterocycles. The zero-order chi connectivity index (χ0) is 18.7. The number of aliphatic hydroxyl groups excluding tert-OH is 4. The van der Waals surface area contributed by atoms with Gasteiger partial charge in [0.15, 0.2) is 11.9 Å². The van der Waals surface area contributed by atoms with Gasteiger partial charge in [0.1, 0.15) is 18.3 Å². The molecule has 0 aromatic carbocycles. The number of aliphatic carboxylic acids is 1. The van der Waals surface area contributed by atoms with Gasteiger partial charge in [-0.1, -0.05) is 51.9 Å². The van der Waals surface area contributed by atoms with Crippen molar-refractivity contribution in [2.45, 2.75) is 89.1 Å². The molecule has 1 unspecified atom stereocenters. The molecule has 0 amide bonds. The van der Waals surface area contributed by atoms with Crippen molar-refractivity contribution in [1.29, 1.82) is 0 Å². The Bertz CT molecular complexity index is 377. The van der Waals surface area contributed by atoms with Crippen LogP contribution in [0, 0.1) is 0 Å². The Balaban J connectivity index is 4.17. The molecule has 7 heteroatoms. The summed E-state index contributed by atoms with van der Waals surface area (Å²) in [5.74, 6) is -2.63. The number of carboxylic acid groups (broad SMARTS) is 1. The van der Waals surface area contributed by atoms with Gasteiger partial charge in [-0.15, -0.1) is 0 Å². The fraction of sp³-hybridized carbons (Fsp3) is 0.875. The smallest absolute Gasteiger partial charge is 0.335 e. The van der Waals surface area contributed by atoms with Crippen molar-refractivity contribution in [2.24, 2.45) is 0 Å². The van der Waals surface area contributed by atoms with E-state index in [1.807, 2.05) is 0 Å². The summed E-state index contributed by atoms with van der Waals surface area (Å²) in [5, 5.41) is 46.3. The van der Waals surface area contributed by atoms with E-state index in [9.17, 15) is 24.9 Å². The van der Waals surface area contributed by atoms with E-state index >= 15 is 0 Å². The summed E-state index contributed by atoms with van der Waals surface area (Å²) in [5.41, 5.74) is 0. The van der Waals surface area contributed by atoms with Crippen molar-refractivity contribution in [1.82, 2.24) is 0 Å². The number of carboxylic acids is 1. The minimum Gasteiger partial charge on any atom is -0.479 e. The van der Waals surface area contributed by atoms with Gasteiger partial charge in [0.05, 0.1) is 0 Å². The average Bonchev–Trinajstić information content (AvgIpc) is 2.54. The van der Waals surface area contributed by atoms with Gasteiger partial charge in [0.2, 0.25) is 0 Å². The van der Waals surface area contributed by atoms with Crippen LogP contribution in [0.3, 0.4) is 0 Å². The zero-order valence-corrected chi connectivity index (χ0v) is 13.6. The SMILES string of the molecule is [2H]C(CCCCCCCC)CC(=O)[C@H](O)[C@@H](O)[C@H](O)[C@H](O)C(=O)O. The standard InChI is InChI=1S/C16H30O7/c1-2-3-4-5-6-7-8-9-10-11(17)12(18)13(19)14(20)15(21)16(22)23/h12-15,18-21H,2-10H2,1H3,(H,22,23)/t12-,13+,14-,15-/m0/s1/i9D/t9?,12-,13+,14-,15-. The van der Waals surface area contributed by atoms with E-state index in [0.29, 0.717) is 6.42 Å². The van der Waals surface area contributed by atoms with Gasteiger partial charge in [0.25, 0.3) is 0 Å². The Morgan fingerprint density at radius 1 is 0.870 bits per heavy atom. The first-order chi connectivity index (χ1) is 11.2. The third-order valence-electron chi connectivity index (χ3n) is 3.69. The van der Waals surface area contributed by atoms with Gasteiger partial charge in [-0.05, 0) is 6.40 Å². The number of hydrogen-bond acceptors (Lipinski definition) is 6. The highest BCUT2D eigenvalue weighted by molar-refractivity contribution is 5.83. The summed E-state index contributed by atoms with van der Waals surface area (Å²) in [6.07, 6.45) is -2.88. The molecule has 0 fully saturated rings. The lowest BCUT2D eigenvalue weighted by Gasteiger charge is -2.23. The van der Waals surface area contributed by atoms with Gasteiger partial charge < -0.3 is 25.5 Å². The average molecular weight is 335 g/mol. The monoisotopic (exact) mass is 335 g/mol. The maximum Gasteiger partial charge on any atom is 0.335 e. The lowest BCUT2D eigenvalue weighted by atomic mass is 9.97. The fourth-order valence-electron chi connectivity index (χ4n) is 2.14. The number of rotatable bonds is 14. The van der Waals surface area contributed by atoms with Crippen LogP contribution in [0.2, 0.25) is 0 Å². The molecule has 0 bridgehead atoms. The van der Waals surface area contributed by atoms with E-state index in [4.69, 9.17) is 11.6 Å². The quantitative estimate of drug-likeness (QED) is 0.294. The number of carbonyl (C=O) groups is 2. The Morgan fingerprint density at radius 2 is 1.35 bits per heavy atom. The Labute approximate surface area is 138 Å². The number of hydrogen-bond donors (Lipinski definition) is 5. The Hall–Kier alpha value is -1.02. The summed E-state index contributed by atoms with van der Waals surface area (Å²) in [6, 6.07) is 0. The minimum absolute atomic E-state index is 0.303. The molecule has 0 aromatic heterocycles. The first-order valence-electron chi connectivity index (χ1n) is 8.70. The normalized spacial score (nSPS) is 18.6. The van der Waals surface area contributed by atoms with Crippen LogP contribution >= 0.6 is 0 Å². The van der Waals surface area contributed by atoms with E-state index in [-0.39, 0.29) is 6.42 Å². The Kier molecular flexibility index (Phi) is 10.8. The number of Topliss-reactive ketones (excluding diaryl/α,β-unsaturated/α-hetero) is 1. The minimum atomic E-state index is -2.31. The predicted molar refractivity (Wildman–Crippen MR) is 83.9 cm³/mol. The second-order valence-corrected chi connectivity index (χ2v) is 5.72. The van der Waals surface area contributed by atoms with Crippen LogP contribution in [0.5, 0.6) is 0 Å². The third-order valence-corrected chi connectivity index (χ3v) is 3.69. The van der Waals surface area contributed by atoms with Gasteiger partial charge >= 0.3 is 5.97 Å². The molecule has 0 aliphatic rings. The second kappa shape index (κ2) is 12.4. The number of aliphatic hydroxyl groups is 4. The van der Waals surface area contributed by atoms with Crippen LogP contribution in [0.25, 0.3) is 0 Å². The van der Waals surface area contributed by atoms with Gasteiger partial charge in [0, 0.05) is 7.79 Å². The lowest BCUT2D eigenvalue weighted by Crippen LogP contribution is -2.50. The maximum absolute atomic E-state index is 11.8. The molecule has 5 atom stereocenters. The number of carbonyl (C=O) groups excluding carboxylic acids is 1. The lowest BCUT2D eigenvalue weighted by molar-refractivity contribution is -0.165. The van der Waals surface area contributed by atoms with E-state index in [1.54, 1.807) is 0 Å². The molecule has 0 aliphatic carbocycles. The van der Waals surface area contributed by atoms with Gasteiger partial charge in [-0.2, -0.15) is 0 Å². The molecule has 0 aliphatic heterocycles. The summed E-state index contributed by atoms with van der Waals surface area (Å²) >= 11 is 0. The molecular formula is C16H30O7. The summed E-state index contributed by atoms with van der Waals surface area (Å²) in [6.45, 7) is 2.12. The molecule has 0 spiro atoms. The first-order valence-corrected chi connectivity index (χ1v) is 8.12. The predicted octanol–water partition coefficient (Wildman–Crippen LogP) is 0.614. The molecule has 0 rings (SSSR count). The first kappa shape index (κ1) is 20.0. The van der Waals surface area contributed by atoms with Crippen molar-refractivity contribution < 1.29 is 36.5 Å². The molecular weight excluding hydrogens is 304 g/mol. The largest absolute Gasteiger partial charge is 0.479 e. The fourth-order valence-corrected chi connectivity index (χ4v) is 2.14. The van der Waals surface area contributed by atoms with Gasteiger partial charge in [-0.3, -0.25) is 4.79 Å². The topological polar surface area (TPSA) is 135 Å². The summed E-state index contributed by atoms with van der Waals surface area (Å²) in [4.78, 5) is 22.3. The molecule has 5 N–H and O–H groups in total. The Morgan fingerprint density at radius 3 is 1.87 bits per heavy atom. The molecule has 23 heavy (non-hydrogen) atoms. The molecule has 0 saturated heterocycles. The van der Waals surface area contributed by atoms with Crippen LogP contribution in [-0.2, 0) is 9.59 Å². The summed E-state index contributed by atoms with van der Waals surface area (Å²) < 4.78 is 7.79. The van der Waals surface area contributed by atoms with E-state index in [1.165, 1.54) is 6.42 Å². The number of unbranched alkanes of at least 4 members (excludes halogenated alkanes) is 5. The van der Waals surface area contributed by atoms with Crippen LogP contribution in [0.15, 0.2) is 0 Å². The third kappa shape index (κ3) is 9.00. The van der Waals surface area contributed by atoms with Crippen molar-refractivity contribution in [3.05, 3.63) is 0 Å². The van der Waals surface area contributed by atoms with E-state index < -0.39 is 42.6 Å². The molecule has 136 valence electrons. The van der Waals surface area contributed by atoms with Crippen LogP contribution in [-0.4, -0.2) is 61.7 Å². The zero-order valence-electron chi connectivity index (χ0n) is 14.6. The highest BCUT2D eigenvalue weighted by Gasteiger charge is 2.36.